The topological polar surface area (TPSA) is 32.3 Å². The Bertz CT molecular complexity index is 763. The third-order valence-electron chi connectivity index (χ3n) is 4.94. The van der Waals surface area contributed by atoms with Crippen molar-refractivity contribution >= 4 is 23.2 Å². The summed E-state index contributed by atoms with van der Waals surface area (Å²) in [7, 11) is 0. The van der Waals surface area contributed by atoms with Crippen LogP contribution in [0.2, 0.25) is 5.02 Å². The Morgan fingerprint density at radius 1 is 1.27 bits per heavy atom. The van der Waals surface area contributed by atoms with Gasteiger partial charge in [0.15, 0.2) is 0 Å². The lowest BCUT2D eigenvalue weighted by Crippen LogP contribution is -2.31. The van der Waals surface area contributed by atoms with Gasteiger partial charge in [-0.15, -0.1) is 0 Å². The first-order chi connectivity index (χ1) is 12.5. The molecule has 1 N–H and O–H groups in total. The van der Waals surface area contributed by atoms with E-state index in [9.17, 15) is 9.18 Å². The number of amides is 1. The van der Waals surface area contributed by atoms with Gasteiger partial charge >= 0.3 is 0 Å². The van der Waals surface area contributed by atoms with Crippen LogP contribution in [0.3, 0.4) is 0 Å². The maximum absolute atomic E-state index is 12.9. The monoisotopic (exact) mass is 374 g/mol. The molecule has 2 aromatic carbocycles. The molecule has 26 heavy (non-hydrogen) atoms. The second kappa shape index (κ2) is 8.54. The lowest BCUT2D eigenvalue weighted by Gasteiger charge is -2.21. The van der Waals surface area contributed by atoms with Crippen LogP contribution in [-0.2, 0) is 11.2 Å². The molecule has 3 rings (SSSR count). The van der Waals surface area contributed by atoms with Gasteiger partial charge in [0.1, 0.15) is 5.82 Å². The van der Waals surface area contributed by atoms with Crippen LogP contribution in [-0.4, -0.2) is 25.5 Å². The van der Waals surface area contributed by atoms with E-state index in [2.05, 4.69) is 17.1 Å². The molecule has 1 atom stereocenters. The van der Waals surface area contributed by atoms with Gasteiger partial charge < -0.3 is 10.2 Å². The van der Waals surface area contributed by atoms with Crippen LogP contribution in [0.5, 0.6) is 0 Å². The second-order valence-corrected chi connectivity index (χ2v) is 7.40. The number of hydrogen-bond acceptors (Lipinski definition) is 2. The number of rotatable bonds is 6. The van der Waals surface area contributed by atoms with Crippen molar-refractivity contribution in [1.29, 1.82) is 0 Å². The molecule has 0 spiro atoms. The lowest BCUT2D eigenvalue weighted by atomic mass is 10.1. The summed E-state index contributed by atoms with van der Waals surface area (Å²) in [5, 5.41) is 3.79. The van der Waals surface area contributed by atoms with Crippen molar-refractivity contribution in [3.05, 3.63) is 64.4 Å². The van der Waals surface area contributed by atoms with Gasteiger partial charge in [-0.25, -0.2) is 4.39 Å². The maximum Gasteiger partial charge on any atom is 0.220 e. The molecule has 0 saturated carbocycles. The first-order valence-electron chi connectivity index (χ1n) is 9.03. The van der Waals surface area contributed by atoms with E-state index in [4.69, 9.17) is 11.6 Å². The van der Waals surface area contributed by atoms with E-state index in [1.54, 1.807) is 12.1 Å². The van der Waals surface area contributed by atoms with Crippen molar-refractivity contribution in [3.8, 4) is 0 Å². The summed E-state index contributed by atoms with van der Waals surface area (Å²) in [6, 6.07) is 12.3. The highest BCUT2D eigenvalue weighted by Gasteiger charge is 2.24. The quantitative estimate of drug-likeness (QED) is 0.814. The fourth-order valence-electron chi connectivity index (χ4n) is 3.40. The number of aryl methyl sites for hydroxylation is 2. The van der Waals surface area contributed by atoms with Crippen LogP contribution in [0.25, 0.3) is 0 Å². The number of hydrogen-bond donors (Lipinski definition) is 1. The van der Waals surface area contributed by atoms with Crippen LogP contribution >= 0.6 is 11.6 Å². The van der Waals surface area contributed by atoms with Gasteiger partial charge in [-0.2, -0.15) is 0 Å². The molecule has 0 radical (unpaired) electrons. The summed E-state index contributed by atoms with van der Waals surface area (Å²) in [4.78, 5) is 14.4. The summed E-state index contributed by atoms with van der Waals surface area (Å²) in [6.45, 7) is 4.70. The molecule has 0 aromatic heterocycles. The lowest BCUT2D eigenvalue weighted by molar-refractivity contribution is -0.121. The molecule has 3 nitrogen and oxygen atoms in total. The zero-order valence-electron chi connectivity index (χ0n) is 15.0. The molecular formula is C21H24ClFN2O. The fraction of sp³-hybridized carbons (Fsp3) is 0.381. The summed E-state index contributed by atoms with van der Waals surface area (Å²) < 4.78 is 12.9. The summed E-state index contributed by atoms with van der Waals surface area (Å²) >= 11 is 6.12. The molecule has 1 saturated heterocycles. The third-order valence-corrected chi connectivity index (χ3v) is 5.17. The van der Waals surface area contributed by atoms with Gasteiger partial charge in [-0.05, 0) is 61.1 Å². The molecule has 1 aliphatic rings. The van der Waals surface area contributed by atoms with Gasteiger partial charge in [-0.3, -0.25) is 4.79 Å². The minimum atomic E-state index is -0.251. The summed E-state index contributed by atoms with van der Waals surface area (Å²) in [5.74, 6) is 0.244. The Labute approximate surface area is 159 Å². The number of carbonyl (C=O) groups is 1. The number of carbonyl (C=O) groups excluding carboxylic acids is 1. The standard InChI is InChI=1S/C21H24ClFN2O/c1-15-2-6-18(22)12-20(15)25-11-10-17(14-25)13-24-21(26)9-5-16-3-7-19(23)8-4-16/h2-4,6-8,12,17H,5,9-11,13-14H2,1H3,(H,24,26). The normalized spacial score (nSPS) is 16.7. The van der Waals surface area contributed by atoms with Crippen LogP contribution in [0.1, 0.15) is 24.0 Å². The zero-order chi connectivity index (χ0) is 18.5. The van der Waals surface area contributed by atoms with Crippen LogP contribution < -0.4 is 10.2 Å². The van der Waals surface area contributed by atoms with E-state index in [0.717, 1.165) is 30.1 Å². The van der Waals surface area contributed by atoms with Crippen molar-refractivity contribution in [2.24, 2.45) is 5.92 Å². The first kappa shape index (κ1) is 18.7. The van der Waals surface area contributed by atoms with E-state index in [1.165, 1.54) is 23.4 Å². The van der Waals surface area contributed by atoms with Gasteiger partial charge in [0.2, 0.25) is 5.91 Å². The highest BCUT2D eigenvalue weighted by atomic mass is 35.5. The van der Waals surface area contributed by atoms with E-state index in [-0.39, 0.29) is 11.7 Å². The summed E-state index contributed by atoms with van der Waals surface area (Å²) in [6.07, 6.45) is 2.12. The zero-order valence-corrected chi connectivity index (χ0v) is 15.7. The van der Waals surface area contributed by atoms with Crippen LogP contribution in [0.4, 0.5) is 10.1 Å². The van der Waals surface area contributed by atoms with Gasteiger partial charge in [0.05, 0.1) is 0 Å². The van der Waals surface area contributed by atoms with Gasteiger partial charge in [0.25, 0.3) is 0 Å². The second-order valence-electron chi connectivity index (χ2n) is 6.96. The van der Waals surface area contributed by atoms with Gasteiger partial charge in [-0.1, -0.05) is 29.8 Å². The van der Waals surface area contributed by atoms with E-state index in [0.29, 0.717) is 25.3 Å². The highest BCUT2D eigenvalue weighted by molar-refractivity contribution is 6.30. The minimum Gasteiger partial charge on any atom is -0.371 e. The van der Waals surface area contributed by atoms with Crippen molar-refractivity contribution in [2.45, 2.75) is 26.2 Å². The number of nitrogens with zero attached hydrogens (tertiary/aromatic N) is 1. The average molecular weight is 375 g/mol. The Balaban J connectivity index is 1.43. The van der Waals surface area contributed by atoms with E-state index >= 15 is 0 Å². The molecule has 1 aliphatic heterocycles. The first-order valence-corrected chi connectivity index (χ1v) is 9.41. The van der Waals surface area contributed by atoms with Crippen LogP contribution in [0, 0.1) is 18.7 Å². The van der Waals surface area contributed by atoms with Crippen LogP contribution in [0.15, 0.2) is 42.5 Å². The number of benzene rings is 2. The van der Waals surface area contributed by atoms with E-state index in [1.807, 2.05) is 18.2 Å². The molecular weight excluding hydrogens is 351 g/mol. The largest absolute Gasteiger partial charge is 0.371 e. The van der Waals surface area contributed by atoms with Crippen molar-refractivity contribution in [2.75, 3.05) is 24.5 Å². The molecule has 138 valence electrons. The Morgan fingerprint density at radius 2 is 2.04 bits per heavy atom. The Hall–Kier alpha value is -2.07. The molecule has 1 unspecified atom stereocenters. The van der Waals surface area contributed by atoms with Crippen molar-refractivity contribution < 1.29 is 9.18 Å². The fourth-order valence-corrected chi connectivity index (χ4v) is 3.56. The molecule has 1 amide bonds. The van der Waals surface area contributed by atoms with Crippen molar-refractivity contribution in [1.82, 2.24) is 5.32 Å². The predicted octanol–water partition coefficient (Wildman–Crippen LogP) is 4.36. The third kappa shape index (κ3) is 4.98. The molecule has 0 bridgehead atoms. The number of halogens is 2. The maximum atomic E-state index is 12.9. The molecule has 2 aromatic rings. The molecule has 5 heteroatoms. The van der Waals surface area contributed by atoms with Crippen molar-refractivity contribution in [3.63, 3.8) is 0 Å². The smallest absolute Gasteiger partial charge is 0.220 e. The van der Waals surface area contributed by atoms with Gasteiger partial charge in [0, 0.05) is 36.8 Å². The highest BCUT2D eigenvalue weighted by Crippen LogP contribution is 2.29. The SMILES string of the molecule is Cc1ccc(Cl)cc1N1CCC(CNC(=O)CCc2ccc(F)cc2)C1. The predicted molar refractivity (Wildman–Crippen MR) is 104 cm³/mol. The molecule has 1 fully saturated rings. The number of nitrogens with one attached hydrogen (secondary N) is 1. The molecule has 1 heterocycles. The number of anilines is 1. The summed E-state index contributed by atoms with van der Waals surface area (Å²) in [5.41, 5.74) is 3.38. The average Bonchev–Trinajstić information content (AvgIpc) is 3.10. The Kier molecular flexibility index (Phi) is 6.15. The molecule has 0 aliphatic carbocycles. The van der Waals surface area contributed by atoms with E-state index < -0.39 is 0 Å². The Morgan fingerprint density at radius 3 is 2.81 bits per heavy atom. The minimum absolute atomic E-state index is 0.0479.